The number of methoxy groups -OCH3 is 6. The van der Waals surface area contributed by atoms with Crippen molar-refractivity contribution >= 4 is 11.6 Å². The molecule has 2 unspecified atom stereocenters. The van der Waals surface area contributed by atoms with E-state index in [4.69, 9.17) is 37.9 Å². The number of carbonyl (C=O) groups is 2. The van der Waals surface area contributed by atoms with Gasteiger partial charge in [0.25, 0.3) is 0 Å². The Labute approximate surface area is 281 Å². The summed E-state index contributed by atoms with van der Waals surface area (Å²) < 4.78 is 46.2. The second kappa shape index (κ2) is 12.9. The van der Waals surface area contributed by atoms with Crippen LogP contribution in [0.4, 0.5) is 0 Å². The van der Waals surface area contributed by atoms with Crippen molar-refractivity contribution in [2.75, 3.05) is 42.7 Å². The Hall–Kier alpha value is -5.98. The Morgan fingerprint density at radius 2 is 1.20 bits per heavy atom. The van der Waals surface area contributed by atoms with Crippen LogP contribution in [0.3, 0.4) is 0 Å². The number of rotatable bonds is 9. The highest BCUT2D eigenvalue weighted by Crippen LogP contribution is 2.56. The molecule has 2 aliphatic heterocycles. The molecule has 0 spiro atoms. The van der Waals surface area contributed by atoms with Crippen molar-refractivity contribution < 1.29 is 62.8 Å². The van der Waals surface area contributed by atoms with Crippen molar-refractivity contribution in [3.63, 3.8) is 0 Å². The fourth-order valence-electron chi connectivity index (χ4n) is 6.32. The van der Waals surface area contributed by atoms with Gasteiger partial charge in [0.1, 0.15) is 57.8 Å². The van der Waals surface area contributed by atoms with Gasteiger partial charge in [0.05, 0.1) is 61.1 Å². The van der Waals surface area contributed by atoms with Crippen molar-refractivity contribution in [3.05, 3.63) is 64.7 Å². The van der Waals surface area contributed by atoms with Gasteiger partial charge in [-0.3, -0.25) is 9.59 Å². The van der Waals surface area contributed by atoms with Gasteiger partial charge in [-0.15, -0.1) is 0 Å². The Bertz CT molecular complexity index is 1960. The van der Waals surface area contributed by atoms with Crippen LogP contribution in [-0.2, 0) is 0 Å². The van der Waals surface area contributed by atoms with E-state index in [1.807, 2.05) is 0 Å². The highest BCUT2D eigenvalue weighted by Gasteiger charge is 2.39. The van der Waals surface area contributed by atoms with Crippen LogP contribution in [0.25, 0.3) is 11.1 Å². The molecular weight excluding hydrogens is 640 g/mol. The lowest BCUT2D eigenvalue weighted by Crippen LogP contribution is -2.23. The van der Waals surface area contributed by atoms with Crippen molar-refractivity contribution in [1.82, 2.24) is 0 Å². The van der Waals surface area contributed by atoms with Crippen LogP contribution < -0.4 is 37.9 Å². The number of benzene rings is 4. The molecule has 4 aromatic rings. The zero-order valence-electron chi connectivity index (χ0n) is 27.5. The number of phenols is 3. The molecule has 0 aliphatic carbocycles. The standard InChI is InChI=1S/C36H34O13/c1-42-17-11-19(37)31-20(38)14-25(48-27(31)12-17)18-7-8-23(43-2)35(47-6)30(18)33-26(44-3)15-22(40)32-21(39)13-24(49-36(32)33)16-9-28(45-4)34(41)29(10-16)46-5/h7-12,15,24-25,37,40-41H,13-14H2,1-6H3. The van der Waals surface area contributed by atoms with E-state index in [0.717, 1.165) is 0 Å². The lowest BCUT2D eigenvalue weighted by atomic mass is 9.86. The number of ketones is 2. The summed E-state index contributed by atoms with van der Waals surface area (Å²) in [6.07, 6.45) is -2.21. The van der Waals surface area contributed by atoms with Crippen LogP contribution in [-0.4, -0.2) is 69.5 Å². The Kier molecular flexibility index (Phi) is 8.68. The Morgan fingerprint density at radius 3 is 1.82 bits per heavy atom. The average Bonchev–Trinajstić information content (AvgIpc) is 3.10. The first-order valence-electron chi connectivity index (χ1n) is 15.0. The van der Waals surface area contributed by atoms with E-state index in [9.17, 15) is 24.9 Å². The number of carbonyl (C=O) groups excluding carboxylic acids is 2. The molecule has 0 aromatic heterocycles. The summed E-state index contributed by atoms with van der Waals surface area (Å²) in [5.74, 6) is -0.512. The van der Waals surface area contributed by atoms with Crippen molar-refractivity contribution in [1.29, 1.82) is 0 Å². The molecule has 4 aromatic carbocycles. The van der Waals surface area contributed by atoms with Crippen molar-refractivity contribution in [2.45, 2.75) is 25.0 Å². The predicted octanol–water partition coefficient (Wildman–Crippen LogP) is 5.94. The molecule has 0 bridgehead atoms. The highest BCUT2D eigenvalue weighted by molar-refractivity contribution is 6.07. The normalized spacial score (nSPS) is 16.4. The van der Waals surface area contributed by atoms with Crippen LogP contribution in [0, 0.1) is 0 Å². The van der Waals surface area contributed by atoms with Crippen LogP contribution in [0.5, 0.6) is 63.2 Å². The summed E-state index contributed by atoms with van der Waals surface area (Å²) in [6.45, 7) is 0. The number of Topliss-reactive ketones (excluding diaryl/α,β-unsaturated/α-hetero) is 2. The van der Waals surface area contributed by atoms with Gasteiger partial charge in [-0.2, -0.15) is 0 Å². The topological polar surface area (TPSA) is 169 Å². The smallest absolute Gasteiger partial charge is 0.200 e. The Morgan fingerprint density at radius 1 is 0.592 bits per heavy atom. The monoisotopic (exact) mass is 674 g/mol. The molecule has 2 atom stereocenters. The van der Waals surface area contributed by atoms with E-state index in [2.05, 4.69) is 0 Å². The summed E-state index contributed by atoms with van der Waals surface area (Å²) in [5.41, 5.74) is 1.32. The van der Waals surface area contributed by atoms with Crippen LogP contribution >= 0.6 is 0 Å². The fourth-order valence-corrected chi connectivity index (χ4v) is 6.32. The highest BCUT2D eigenvalue weighted by atomic mass is 16.5. The predicted molar refractivity (Wildman–Crippen MR) is 174 cm³/mol. The second-order valence-electron chi connectivity index (χ2n) is 11.2. The molecule has 13 nitrogen and oxygen atoms in total. The third-order valence-corrected chi connectivity index (χ3v) is 8.61. The number of hydrogen-bond acceptors (Lipinski definition) is 13. The van der Waals surface area contributed by atoms with Crippen LogP contribution in [0.2, 0.25) is 0 Å². The van der Waals surface area contributed by atoms with Gasteiger partial charge in [0.2, 0.25) is 5.75 Å². The van der Waals surface area contributed by atoms with Gasteiger partial charge < -0.3 is 53.2 Å². The maximum absolute atomic E-state index is 13.8. The number of phenolic OH excluding ortho intramolecular Hbond substituents is 3. The summed E-state index contributed by atoms with van der Waals surface area (Å²) in [6, 6.07) is 10.5. The minimum atomic E-state index is -0.934. The maximum atomic E-state index is 13.8. The summed E-state index contributed by atoms with van der Waals surface area (Å²) in [4.78, 5) is 27.3. The lowest BCUT2D eigenvalue weighted by Gasteiger charge is -2.32. The van der Waals surface area contributed by atoms with Gasteiger partial charge >= 0.3 is 0 Å². The zero-order valence-corrected chi connectivity index (χ0v) is 27.5. The lowest BCUT2D eigenvalue weighted by molar-refractivity contribution is 0.0838. The van der Waals surface area contributed by atoms with E-state index < -0.39 is 18.0 Å². The number of aromatic hydroxyl groups is 3. The maximum Gasteiger partial charge on any atom is 0.200 e. The Balaban J connectivity index is 1.59. The molecule has 0 radical (unpaired) electrons. The van der Waals surface area contributed by atoms with E-state index in [1.54, 1.807) is 12.1 Å². The summed E-state index contributed by atoms with van der Waals surface area (Å²) in [5, 5.41) is 32.2. The fraction of sp³-hybridized carbons (Fsp3) is 0.278. The molecule has 2 heterocycles. The molecule has 49 heavy (non-hydrogen) atoms. The van der Waals surface area contributed by atoms with E-state index in [1.165, 1.54) is 73.0 Å². The summed E-state index contributed by atoms with van der Waals surface area (Å²) in [7, 11) is 8.46. The molecule has 13 heteroatoms. The van der Waals surface area contributed by atoms with Crippen molar-refractivity contribution in [2.24, 2.45) is 0 Å². The second-order valence-corrected chi connectivity index (χ2v) is 11.2. The van der Waals surface area contributed by atoms with E-state index >= 15 is 0 Å². The van der Waals surface area contributed by atoms with E-state index in [0.29, 0.717) is 22.4 Å². The van der Waals surface area contributed by atoms with Gasteiger partial charge in [-0.25, -0.2) is 0 Å². The SMILES string of the molecule is COc1cc(O)c2c(c1)OC(c1ccc(OC)c(OC)c1-c1c(OC)cc(O)c3c1OC(c1cc(OC)c(O)c(OC)c1)CC3=O)CC2=O. The minimum absolute atomic E-state index is 0.0233. The van der Waals surface area contributed by atoms with Gasteiger partial charge in [-0.05, 0) is 18.2 Å². The molecule has 0 amide bonds. The molecule has 0 fully saturated rings. The van der Waals surface area contributed by atoms with Crippen molar-refractivity contribution in [3.8, 4) is 74.4 Å². The molecule has 256 valence electrons. The molecule has 3 N–H and O–H groups in total. The molecular formula is C36H34O13. The first-order chi connectivity index (χ1) is 23.6. The van der Waals surface area contributed by atoms with E-state index in [-0.39, 0.29) is 92.8 Å². The van der Waals surface area contributed by atoms with Gasteiger partial charge in [-0.1, -0.05) is 6.07 Å². The number of hydrogen-bond donors (Lipinski definition) is 3. The number of ether oxygens (including phenoxy) is 8. The summed E-state index contributed by atoms with van der Waals surface area (Å²) >= 11 is 0. The third-order valence-electron chi connectivity index (χ3n) is 8.61. The van der Waals surface area contributed by atoms with Gasteiger partial charge in [0.15, 0.2) is 34.6 Å². The van der Waals surface area contributed by atoms with Crippen LogP contribution in [0.15, 0.2) is 42.5 Å². The molecule has 6 rings (SSSR count). The first-order valence-corrected chi connectivity index (χ1v) is 15.0. The van der Waals surface area contributed by atoms with Gasteiger partial charge in [0, 0.05) is 34.9 Å². The average molecular weight is 675 g/mol. The van der Waals surface area contributed by atoms with Crippen LogP contribution in [0.1, 0.15) is 56.9 Å². The number of fused-ring (bicyclic) bond motifs is 2. The first kappa shape index (κ1) is 32.9. The third kappa shape index (κ3) is 5.46. The molecule has 2 aliphatic rings. The molecule has 0 saturated carbocycles. The quantitative estimate of drug-likeness (QED) is 0.191. The zero-order chi connectivity index (χ0) is 35.1. The molecule has 0 saturated heterocycles. The largest absolute Gasteiger partial charge is 0.507 e. The minimum Gasteiger partial charge on any atom is -0.507 e.